The summed E-state index contributed by atoms with van der Waals surface area (Å²) in [6, 6.07) is 5.63. The standard InChI is InChI=1S/C14H16ClNO2/c1-2-10-8-14(5-6-18-10)11-7-9(15)3-4-12(11)16-13(14)17/h3-4,7,10H,2,5-6,8H2,1H3,(H,16,17). The van der Waals surface area contributed by atoms with Gasteiger partial charge in [0.15, 0.2) is 0 Å². The summed E-state index contributed by atoms with van der Waals surface area (Å²) in [5.41, 5.74) is 1.52. The first-order valence-electron chi connectivity index (χ1n) is 6.39. The summed E-state index contributed by atoms with van der Waals surface area (Å²) in [6.07, 6.45) is 2.59. The van der Waals surface area contributed by atoms with E-state index in [-0.39, 0.29) is 12.0 Å². The van der Waals surface area contributed by atoms with Crippen LogP contribution in [0.25, 0.3) is 0 Å². The molecule has 3 nitrogen and oxygen atoms in total. The fourth-order valence-electron chi connectivity index (χ4n) is 3.05. The molecule has 4 heteroatoms. The first kappa shape index (κ1) is 12.0. The van der Waals surface area contributed by atoms with Crippen molar-refractivity contribution >= 4 is 23.2 Å². The minimum atomic E-state index is -0.431. The van der Waals surface area contributed by atoms with Gasteiger partial charge in [-0.1, -0.05) is 18.5 Å². The lowest BCUT2D eigenvalue weighted by Crippen LogP contribution is -2.43. The molecule has 1 fully saturated rings. The number of benzene rings is 1. The highest BCUT2D eigenvalue weighted by atomic mass is 35.5. The van der Waals surface area contributed by atoms with Gasteiger partial charge in [0.05, 0.1) is 11.5 Å². The summed E-state index contributed by atoms with van der Waals surface area (Å²) < 4.78 is 5.69. The van der Waals surface area contributed by atoms with E-state index >= 15 is 0 Å². The van der Waals surface area contributed by atoms with Crippen LogP contribution in [0.1, 0.15) is 31.7 Å². The largest absolute Gasteiger partial charge is 0.378 e. The Morgan fingerprint density at radius 1 is 1.56 bits per heavy atom. The maximum Gasteiger partial charge on any atom is 0.235 e. The molecule has 2 atom stereocenters. The number of halogens is 1. The normalized spacial score (nSPS) is 30.3. The molecule has 96 valence electrons. The summed E-state index contributed by atoms with van der Waals surface area (Å²) in [4.78, 5) is 12.4. The van der Waals surface area contributed by atoms with E-state index in [2.05, 4.69) is 12.2 Å². The Bertz CT molecular complexity index is 503. The van der Waals surface area contributed by atoms with E-state index in [0.717, 1.165) is 30.5 Å². The fraction of sp³-hybridized carbons (Fsp3) is 0.500. The van der Waals surface area contributed by atoms with Crippen molar-refractivity contribution < 1.29 is 9.53 Å². The monoisotopic (exact) mass is 265 g/mol. The SMILES string of the molecule is CCC1CC2(CCO1)C(=O)Nc1ccc(Cl)cc12. The van der Waals surface area contributed by atoms with Gasteiger partial charge >= 0.3 is 0 Å². The number of rotatable bonds is 1. The molecule has 2 aliphatic rings. The lowest BCUT2D eigenvalue weighted by Gasteiger charge is -2.36. The van der Waals surface area contributed by atoms with Crippen LogP contribution in [0.5, 0.6) is 0 Å². The molecule has 1 saturated heterocycles. The number of nitrogens with one attached hydrogen (secondary N) is 1. The van der Waals surface area contributed by atoms with Gasteiger partial charge in [-0.15, -0.1) is 0 Å². The van der Waals surface area contributed by atoms with Crippen molar-refractivity contribution in [2.75, 3.05) is 11.9 Å². The highest BCUT2D eigenvalue weighted by Crippen LogP contribution is 2.47. The third-order valence-corrected chi connectivity index (χ3v) is 4.33. The van der Waals surface area contributed by atoms with E-state index in [1.807, 2.05) is 18.2 Å². The van der Waals surface area contributed by atoms with Gasteiger partial charge in [0.25, 0.3) is 0 Å². The number of ether oxygens (including phenoxy) is 1. The second kappa shape index (κ2) is 4.25. The second-order valence-electron chi connectivity index (χ2n) is 5.08. The van der Waals surface area contributed by atoms with Gasteiger partial charge in [0.2, 0.25) is 5.91 Å². The topological polar surface area (TPSA) is 38.3 Å². The molecule has 1 spiro atoms. The average Bonchev–Trinajstić information content (AvgIpc) is 2.63. The molecular formula is C14H16ClNO2. The van der Waals surface area contributed by atoms with E-state index in [1.165, 1.54) is 0 Å². The van der Waals surface area contributed by atoms with Crippen LogP contribution in [-0.2, 0) is 14.9 Å². The zero-order valence-corrected chi connectivity index (χ0v) is 11.1. The Morgan fingerprint density at radius 2 is 2.39 bits per heavy atom. The molecule has 2 heterocycles. The van der Waals surface area contributed by atoms with Crippen LogP contribution in [0.4, 0.5) is 5.69 Å². The maximum atomic E-state index is 12.4. The Morgan fingerprint density at radius 3 is 3.17 bits per heavy atom. The van der Waals surface area contributed by atoms with E-state index < -0.39 is 5.41 Å². The molecule has 0 saturated carbocycles. The van der Waals surface area contributed by atoms with Gasteiger partial charge in [0.1, 0.15) is 0 Å². The Balaban J connectivity index is 2.06. The molecule has 0 radical (unpaired) electrons. The predicted molar refractivity (Wildman–Crippen MR) is 71.0 cm³/mol. The van der Waals surface area contributed by atoms with Crippen LogP contribution in [0.15, 0.2) is 18.2 Å². The molecule has 1 amide bonds. The molecule has 2 aliphatic heterocycles. The van der Waals surface area contributed by atoms with Crippen molar-refractivity contribution in [1.29, 1.82) is 0 Å². The number of amides is 1. The molecule has 18 heavy (non-hydrogen) atoms. The van der Waals surface area contributed by atoms with E-state index in [9.17, 15) is 4.79 Å². The van der Waals surface area contributed by atoms with Crippen molar-refractivity contribution in [2.24, 2.45) is 0 Å². The van der Waals surface area contributed by atoms with Crippen molar-refractivity contribution in [3.8, 4) is 0 Å². The van der Waals surface area contributed by atoms with Crippen molar-refractivity contribution in [3.05, 3.63) is 28.8 Å². The Kier molecular flexibility index (Phi) is 2.83. The third-order valence-electron chi connectivity index (χ3n) is 4.09. The first-order valence-corrected chi connectivity index (χ1v) is 6.76. The summed E-state index contributed by atoms with van der Waals surface area (Å²) >= 11 is 6.07. The minimum absolute atomic E-state index is 0.0986. The number of fused-ring (bicyclic) bond motifs is 2. The van der Waals surface area contributed by atoms with Gasteiger partial charge in [-0.05, 0) is 43.0 Å². The van der Waals surface area contributed by atoms with Gasteiger partial charge in [-0.3, -0.25) is 4.79 Å². The van der Waals surface area contributed by atoms with Crippen LogP contribution in [0.2, 0.25) is 5.02 Å². The lowest BCUT2D eigenvalue weighted by molar-refractivity contribution is -0.126. The van der Waals surface area contributed by atoms with E-state index in [4.69, 9.17) is 16.3 Å². The predicted octanol–water partition coefficient (Wildman–Crippen LogP) is 3.12. The molecular weight excluding hydrogens is 250 g/mol. The van der Waals surface area contributed by atoms with Crippen LogP contribution < -0.4 is 5.32 Å². The van der Waals surface area contributed by atoms with Crippen LogP contribution in [-0.4, -0.2) is 18.6 Å². The lowest BCUT2D eigenvalue weighted by atomic mass is 9.73. The van der Waals surface area contributed by atoms with Crippen LogP contribution in [0, 0.1) is 0 Å². The van der Waals surface area contributed by atoms with Gasteiger partial charge in [0, 0.05) is 17.3 Å². The number of anilines is 1. The van der Waals surface area contributed by atoms with Gasteiger partial charge < -0.3 is 10.1 Å². The highest BCUT2D eigenvalue weighted by Gasteiger charge is 2.49. The zero-order valence-electron chi connectivity index (χ0n) is 10.3. The maximum absolute atomic E-state index is 12.4. The summed E-state index contributed by atoms with van der Waals surface area (Å²) in [6.45, 7) is 2.73. The second-order valence-corrected chi connectivity index (χ2v) is 5.52. The number of carbonyl (C=O) groups excluding carboxylic acids is 1. The van der Waals surface area contributed by atoms with Gasteiger partial charge in [-0.2, -0.15) is 0 Å². The molecule has 0 aliphatic carbocycles. The molecule has 1 aromatic carbocycles. The number of carbonyl (C=O) groups is 1. The number of hydrogen-bond acceptors (Lipinski definition) is 2. The van der Waals surface area contributed by atoms with Crippen molar-refractivity contribution in [1.82, 2.24) is 0 Å². The zero-order chi connectivity index (χ0) is 12.8. The molecule has 3 rings (SSSR count). The molecule has 2 unspecified atom stereocenters. The van der Waals surface area contributed by atoms with Crippen molar-refractivity contribution in [2.45, 2.75) is 37.7 Å². The molecule has 1 N–H and O–H groups in total. The average molecular weight is 266 g/mol. The minimum Gasteiger partial charge on any atom is -0.378 e. The summed E-state index contributed by atoms with van der Waals surface area (Å²) in [5.74, 6) is 0.0986. The van der Waals surface area contributed by atoms with Gasteiger partial charge in [-0.25, -0.2) is 0 Å². The smallest absolute Gasteiger partial charge is 0.235 e. The van der Waals surface area contributed by atoms with E-state index in [1.54, 1.807) is 0 Å². The highest BCUT2D eigenvalue weighted by molar-refractivity contribution is 6.31. The summed E-state index contributed by atoms with van der Waals surface area (Å²) in [5, 5.41) is 3.66. The fourth-order valence-corrected chi connectivity index (χ4v) is 3.22. The van der Waals surface area contributed by atoms with Crippen LogP contribution >= 0.6 is 11.6 Å². The third kappa shape index (κ3) is 1.65. The molecule has 0 bridgehead atoms. The van der Waals surface area contributed by atoms with Crippen LogP contribution in [0.3, 0.4) is 0 Å². The van der Waals surface area contributed by atoms with Crippen molar-refractivity contribution in [3.63, 3.8) is 0 Å². The number of hydrogen-bond donors (Lipinski definition) is 1. The van der Waals surface area contributed by atoms with E-state index in [0.29, 0.717) is 11.6 Å². The quantitative estimate of drug-likeness (QED) is 0.847. The molecule has 1 aromatic rings. The Hall–Kier alpha value is -1.06. The molecule has 0 aromatic heterocycles. The summed E-state index contributed by atoms with van der Waals surface area (Å²) in [7, 11) is 0. The first-order chi connectivity index (χ1) is 8.65. The Labute approximate surface area is 111 Å².